The van der Waals surface area contributed by atoms with Gasteiger partial charge in [-0.1, -0.05) is 43.7 Å². The van der Waals surface area contributed by atoms with Crippen LogP contribution in [0, 0.1) is 0 Å². The zero-order valence-electron chi connectivity index (χ0n) is 11.2. The normalized spacial score (nSPS) is 11.1. The van der Waals surface area contributed by atoms with Crippen LogP contribution in [-0.2, 0) is 11.8 Å². The molecule has 1 rings (SSSR count). The molecule has 0 spiro atoms. The van der Waals surface area contributed by atoms with E-state index < -0.39 is 0 Å². The Morgan fingerprint density at radius 2 is 2.00 bits per heavy atom. The third-order valence-corrected chi connectivity index (χ3v) is 3.06. The van der Waals surface area contributed by atoms with Gasteiger partial charge in [0.1, 0.15) is 5.75 Å². The molecule has 0 amide bonds. The van der Waals surface area contributed by atoms with Gasteiger partial charge in [-0.25, -0.2) is 0 Å². The quantitative estimate of drug-likeness (QED) is 0.762. The lowest BCUT2D eigenvalue weighted by molar-refractivity contribution is 0.469. The van der Waals surface area contributed by atoms with Gasteiger partial charge in [-0.3, -0.25) is 0 Å². The van der Waals surface area contributed by atoms with Crippen LogP contribution in [0.3, 0.4) is 0 Å². The molecule has 0 unspecified atom stereocenters. The minimum Gasteiger partial charge on any atom is -0.508 e. The fourth-order valence-corrected chi connectivity index (χ4v) is 1.58. The summed E-state index contributed by atoms with van der Waals surface area (Å²) >= 11 is 0. The third kappa shape index (κ3) is 3.48. The van der Waals surface area contributed by atoms with E-state index in [4.69, 9.17) is 0 Å². The topological polar surface area (TPSA) is 20.2 Å². The lowest BCUT2D eigenvalue weighted by atomic mass is 9.84. The average Bonchev–Trinajstić information content (AvgIpc) is 2.27. The molecule has 0 fully saturated rings. The second-order valence-corrected chi connectivity index (χ2v) is 5.25. The Morgan fingerprint density at radius 3 is 2.53 bits per heavy atom. The fourth-order valence-electron chi connectivity index (χ4n) is 1.58. The molecule has 0 heterocycles. The summed E-state index contributed by atoms with van der Waals surface area (Å²) in [7, 11) is 0. The molecule has 17 heavy (non-hydrogen) atoms. The standard InChI is InChI=1S/C16H22O/c1-6-16(4,5)14-9-10-15(17)13(11-14)8-7-12(2)3/h6-7,9-11,17H,1,8H2,2-5H3. The van der Waals surface area contributed by atoms with Gasteiger partial charge in [-0.05, 0) is 37.5 Å². The van der Waals surface area contributed by atoms with Crippen LogP contribution in [0.5, 0.6) is 5.75 Å². The van der Waals surface area contributed by atoms with Crippen LogP contribution in [0.15, 0.2) is 42.5 Å². The summed E-state index contributed by atoms with van der Waals surface area (Å²) in [6.07, 6.45) is 4.83. The van der Waals surface area contributed by atoms with Crippen molar-refractivity contribution in [3.05, 3.63) is 53.6 Å². The molecule has 0 aliphatic heterocycles. The highest BCUT2D eigenvalue weighted by Gasteiger charge is 2.17. The number of hydrogen-bond acceptors (Lipinski definition) is 1. The number of phenols is 1. The molecule has 0 saturated carbocycles. The van der Waals surface area contributed by atoms with Gasteiger partial charge in [-0.2, -0.15) is 0 Å². The molecule has 0 aliphatic carbocycles. The molecule has 0 saturated heterocycles. The predicted octanol–water partition coefficient (Wildman–Crippen LogP) is 4.36. The second kappa shape index (κ2) is 5.22. The highest BCUT2D eigenvalue weighted by molar-refractivity contribution is 5.41. The number of phenolic OH excluding ortho intramolecular Hbond substituents is 1. The highest BCUT2D eigenvalue weighted by Crippen LogP contribution is 2.29. The first-order chi connectivity index (χ1) is 7.86. The van der Waals surface area contributed by atoms with Gasteiger partial charge in [0.25, 0.3) is 0 Å². The zero-order chi connectivity index (χ0) is 13.1. The van der Waals surface area contributed by atoms with Crippen LogP contribution in [-0.4, -0.2) is 5.11 Å². The van der Waals surface area contributed by atoms with E-state index in [0.717, 1.165) is 12.0 Å². The molecule has 1 nitrogen and oxygen atoms in total. The Morgan fingerprint density at radius 1 is 1.35 bits per heavy atom. The summed E-state index contributed by atoms with van der Waals surface area (Å²) in [4.78, 5) is 0. The van der Waals surface area contributed by atoms with E-state index in [0.29, 0.717) is 5.75 Å². The van der Waals surface area contributed by atoms with Crippen LogP contribution < -0.4 is 0 Å². The summed E-state index contributed by atoms with van der Waals surface area (Å²) in [5, 5.41) is 9.83. The van der Waals surface area contributed by atoms with Crippen molar-refractivity contribution >= 4 is 0 Å². The van der Waals surface area contributed by atoms with E-state index in [-0.39, 0.29) is 5.41 Å². The summed E-state index contributed by atoms with van der Waals surface area (Å²) in [6, 6.07) is 5.80. The van der Waals surface area contributed by atoms with E-state index in [1.54, 1.807) is 6.07 Å². The summed E-state index contributed by atoms with van der Waals surface area (Å²) in [5.74, 6) is 0.367. The molecular weight excluding hydrogens is 208 g/mol. The number of rotatable bonds is 4. The highest BCUT2D eigenvalue weighted by atomic mass is 16.3. The maximum absolute atomic E-state index is 9.83. The molecule has 1 heteroatoms. The Labute approximate surface area is 104 Å². The number of benzene rings is 1. The Hall–Kier alpha value is -1.50. The van der Waals surface area contributed by atoms with Gasteiger partial charge in [0.05, 0.1) is 0 Å². The minimum absolute atomic E-state index is 0.0621. The van der Waals surface area contributed by atoms with Gasteiger partial charge in [0.15, 0.2) is 0 Å². The Kier molecular flexibility index (Phi) is 4.17. The van der Waals surface area contributed by atoms with Crippen molar-refractivity contribution in [1.82, 2.24) is 0 Å². The minimum atomic E-state index is -0.0621. The van der Waals surface area contributed by atoms with Gasteiger partial charge in [0, 0.05) is 5.41 Å². The van der Waals surface area contributed by atoms with Crippen molar-refractivity contribution in [1.29, 1.82) is 0 Å². The van der Waals surface area contributed by atoms with Crippen molar-refractivity contribution in [2.45, 2.75) is 39.5 Å². The van der Waals surface area contributed by atoms with Crippen molar-refractivity contribution < 1.29 is 5.11 Å². The van der Waals surface area contributed by atoms with Gasteiger partial charge in [0.2, 0.25) is 0 Å². The van der Waals surface area contributed by atoms with Crippen LogP contribution in [0.1, 0.15) is 38.8 Å². The van der Waals surface area contributed by atoms with E-state index in [1.807, 2.05) is 12.1 Å². The van der Waals surface area contributed by atoms with Crippen molar-refractivity contribution in [3.8, 4) is 5.75 Å². The van der Waals surface area contributed by atoms with Crippen molar-refractivity contribution in [2.75, 3.05) is 0 Å². The molecular formula is C16H22O. The number of hydrogen-bond donors (Lipinski definition) is 1. The summed E-state index contributed by atoms with van der Waals surface area (Å²) < 4.78 is 0. The first-order valence-electron chi connectivity index (χ1n) is 5.96. The number of allylic oxidation sites excluding steroid dienone is 3. The summed E-state index contributed by atoms with van der Waals surface area (Å²) in [6.45, 7) is 12.2. The maximum atomic E-state index is 9.83. The molecule has 0 aliphatic rings. The fraction of sp³-hybridized carbons (Fsp3) is 0.375. The lowest BCUT2D eigenvalue weighted by Gasteiger charge is -2.21. The maximum Gasteiger partial charge on any atom is 0.119 e. The zero-order valence-corrected chi connectivity index (χ0v) is 11.2. The van der Waals surface area contributed by atoms with E-state index in [2.05, 4.69) is 46.4 Å². The molecule has 92 valence electrons. The first kappa shape index (κ1) is 13.6. The van der Waals surface area contributed by atoms with Gasteiger partial charge < -0.3 is 5.11 Å². The molecule has 0 bridgehead atoms. The van der Waals surface area contributed by atoms with E-state index >= 15 is 0 Å². The molecule has 1 aromatic carbocycles. The smallest absolute Gasteiger partial charge is 0.119 e. The second-order valence-electron chi connectivity index (χ2n) is 5.25. The Balaban J connectivity index is 3.11. The van der Waals surface area contributed by atoms with Crippen LogP contribution >= 0.6 is 0 Å². The monoisotopic (exact) mass is 230 g/mol. The third-order valence-electron chi connectivity index (χ3n) is 3.06. The predicted molar refractivity (Wildman–Crippen MR) is 74.5 cm³/mol. The van der Waals surface area contributed by atoms with Crippen LogP contribution in [0.4, 0.5) is 0 Å². The Bertz CT molecular complexity index is 435. The number of aromatic hydroxyl groups is 1. The lowest BCUT2D eigenvalue weighted by Crippen LogP contribution is -2.13. The van der Waals surface area contributed by atoms with Crippen LogP contribution in [0.2, 0.25) is 0 Å². The van der Waals surface area contributed by atoms with Crippen LogP contribution in [0.25, 0.3) is 0 Å². The molecule has 1 N–H and O–H groups in total. The van der Waals surface area contributed by atoms with Crippen molar-refractivity contribution in [2.24, 2.45) is 0 Å². The largest absolute Gasteiger partial charge is 0.508 e. The van der Waals surface area contributed by atoms with Gasteiger partial charge >= 0.3 is 0 Å². The molecule has 0 radical (unpaired) electrons. The molecule has 1 aromatic rings. The van der Waals surface area contributed by atoms with Crippen molar-refractivity contribution in [3.63, 3.8) is 0 Å². The van der Waals surface area contributed by atoms with E-state index in [9.17, 15) is 5.11 Å². The molecule has 0 aromatic heterocycles. The first-order valence-corrected chi connectivity index (χ1v) is 5.96. The van der Waals surface area contributed by atoms with E-state index in [1.165, 1.54) is 11.1 Å². The summed E-state index contributed by atoms with van der Waals surface area (Å²) in [5.41, 5.74) is 3.35. The SMILES string of the molecule is C=CC(C)(C)c1ccc(O)c(CC=C(C)C)c1. The van der Waals surface area contributed by atoms with Gasteiger partial charge in [-0.15, -0.1) is 6.58 Å². The average molecular weight is 230 g/mol. The molecule has 0 atom stereocenters.